The summed E-state index contributed by atoms with van der Waals surface area (Å²) in [5.74, 6) is -2.42. The number of phenolic OH excluding ortho intramolecular Hbond substituents is 2. The first-order valence-electron chi connectivity index (χ1n) is 9.53. The van der Waals surface area contributed by atoms with Crippen LogP contribution in [0.15, 0.2) is 6.07 Å². The summed E-state index contributed by atoms with van der Waals surface area (Å²) in [6.07, 6.45) is 0.370. The normalized spacial score (nSPS) is 12.2. The molecule has 9 nitrogen and oxygen atoms in total. The zero-order chi connectivity index (χ0) is 23.0. The summed E-state index contributed by atoms with van der Waals surface area (Å²) in [4.78, 5) is 38.7. The molecule has 0 aliphatic carbocycles. The number of hydrogen-bond acceptors (Lipinski definition) is 8. The molecule has 31 heavy (non-hydrogen) atoms. The van der Waals surface area contributed by atoms with Crippen molar-refractivity contribution in [1.29, 1.82) is 0 Å². The molecule has 0 unspecified atom stereocenters. The number of carbonyl (C=O) groups is 3. The fourth-order valence-corrected chi connectivity index (χ4v) is 3.42. The Kier molecular flexibility index (Phi) is 5.90. The molecule has 0 saturated heterocycles. The number of amides is 1. The molecule has 2 N–H and O–H groups in total. The van der Waals surface area contributed by atoms with Gasteiger partial charge in [-0.3, -0.25) is 9.59 Å². The number of ether oxygens (including phenoxy) is 3. The highest BCUT2D eigenvalue weighted by Crippen LogP contribution is 2.50. The van der Waals surface area contributed by atoms with E-state index in [1.807, 2.05) is 0 Å². The van der Waals surface area contributed by atoms with Crippen LogP contribution in [-0.4, -0.2) is 54.0 Å². The molecule has 2 aromatic rings. The second-order valence-electron chi connectivity index (χ2n) is 7.26. The van der Waals surface area contributed by atoms with E-state index in [4.69, 9.17) is 14.2 Å². The lowest BCUT2D eigenvalue weighted by atomic mass is 9.99. The lowest BCUT2D eigenvalue weighted by molar-refractivity contribution is 0.0727. The van der Waals surface area contributed by atoms with Gasteiger partial charge in [-0.05, 0) is 32.4 Å². The molecule has 9 heteroatoms. The maximum Gasteiger partial charge on any atom is 0.347 e. The summed E-state index contributed by atoms with van der Waals surface area (Å²) >= 11 is 0. The summed E-state index contributed by atoms with van der Waals surface area (Å²) in [5, 5.41) is 21.1. The molecular formula is C22H23NO8. The number of fused-ring (bicyclic) bond motifs is 2. The molecule has 0 saturated carbocycles. The van der Waals surface area contributed by atoms with Crippen LogP contribution in [0.5, 0.6) is 28.7 Å². The first kappa shape index (κ1) is 22.1. The van der Waals surface area contributed by atoms with Gasteiger partial charge in [0.15, 0.2) is 23.5 Å². The van der Waals surface area contributed by atoms with E-state index in [1.165, 1.54) is 32.0 Å². The van der Waals surface area contributed by atoms with Crippen LogP contribution in [0.1, 0.15) is 54.7 Å². The molecule has 0 spiro atoms. The van der Waals surface area contributed by atoms with Crippen molar-refractivity contribution in [2.75, 3.05) is 20.7 Å². The third kappa shape index (κ3) is 3.57. The number of aldehydes is 1. The topological polar surface area (TPSA) is 123 Å². The van der Waals surface area contributed by atoms with E-state index >= 15 is 0 Å². The fourth-order valence-electron chi connectivity index (χ4n) is 3.42. The van der Waals surface area contributed by atoms with Crippen molar-refractivity contribution < 1.29 is 38.8 Å². The number of phenols is 2. The maximum absolute atomic E-state index is 12.9. The highest BCUT2D eigenvalue weighted by atomic mass is 16.6. The van der Waals surface area contributed by atoms with Crippen molar-refractivity contribution in [3.05, 3.63) is 39.4 Å². The van der Waals surface area contributed by atoms with E-state index in [0.29, 0.717) is 18.5 Å². The smallest absolute Gasteiger partial charge is 0.347 e. The molecule has 0 radical (unpaired) electrons. The minimum atomic E-state index is -0.836. The number of carbonyl (C=O) groups excluding carboxylic acids is 3. The van der Waals surface area contributed by atoms with Crippen molar-refractivity contribution in [2.24, 2.45) is 0 Å². The van der Waals surface area contributed by atoms with Crippen LogP contribution in [0.3, 0.4) is 0 Å². The van der Waals surface area contributed by atoms with Crippen LogP contribution in [-0.2, 0) is 11.3 Å². The van der Waals surface area contributed by atoms with Crippen molar-refractivity contribution in [1.82, 2.24) is 4.90 Å². The zero-order valence-corrected chi connectivity index (χ0v) is 17.9. The van der Waals surface area contributed by atoms with Crippen molar-refractivity contribution in [3.63, 3.8) is 0 Å². The molecule has 2 aromatic carbocycles. The van der Waals surface area contributed by atoms with Crippen molar-refractivity contribution >= 4 is 18.2 Å². The van der Waals surface area contributed by atoms with E-state index in [-0.39, 0.29) is 63.2 Å². The summed E-state index contributed by atoms with van der Waals surface area (Å²) in [5.41, 5.74) is 0.257. The Hall–Kier alpha value is -3.59. The third-order valence-electron chi connectivity index (χ3n) is 5.01. The molecule has 164 valence electrons. The van der Waals surface area contributed by atoms with Gasteiger partial charge in [0.1, 0.15) is 17.1 Å². The Morgan fingerprint density at radius 3 is 2.42 bits per heavy atom. The lowest BCUT2D eigenvalue weighted by Gasteiger charge is -2.21. The highest BCUT2D eigenvalue weighted by Gasteiger charge is 2.35. The van der Waals surface area contributed by atoms with Gasteiger partial charge in [0.2, 0.25) is 0 Å². The van der Waals surface area contributed by atoms with Crippen molar-refractivity contribution in [3.8, 4) is 28.7 Å². The number of nitrogens with zero attached hydrogens (tertiary/aromatic N) is 1. The molecule has 0 atom stereocenters. The Morgan fingerprint density at radius 2 is 1.84 bits per heavy atom. The van der Waals surface area contributed by atoms with Crippen molar-refractivity contribution in [2.45, 2.75) is 27.4 Å². The van der Waals surface area contributed by atoms with Gasteiger partial charge in [-0.25, -0.2) is 4.79 Å². The van der Waals surface area contributed by atoms with Gasteiger partial charge in [-0.2, -0.15) is 0 Å². The second-order valence-corrected chi connectivity index (χ2v) is 7.26. The van der Waals surface area contributed by atoms with E-state index in [1.54, 1.807) is 13.8 Å². The summed E-state index contributed by atoms with van der Waals surface area (Å²) in [6.45, 7) is 4.97. The first-order valence-corrected chi connectivity index (χ1v) is 9.53. The molecule has 0 fully saturated rings. The van der Waals surface area contributed by atoms with Crippen LogP contribution >= 0.6 is 0 Å². The molecule has 1 heterocycles. The van der Waals surface area contributed by atoms with Gasteiger partial charge in [0, 0.05) is 26.3 Å². The monoisotopic (exact) mass is 429 g/mol. The Labute approximate surface area is 178 Å². The molecular weight excluding hydrogens is 406 g/mol. The number of aryl methyl sites for hydroxylation is 1. The number of rotatable bonds is 5. The van der Waals surface area contributed by atoms with Crippen LogP contribution in [0.2, 0.25) is 0 Å². The van der Waals surface area contributed by atoms with E-state index in [0.717, 1.165) is 0 Å². The van der Waals surface area contributed by atoms with Gasteiger partial charge in [0.05, 0.1) is 23.3 Å². The Morgan fingerprint density at radius 1 is 1.16 bits per heavy atom. The van der Waals surface area contributed by atoms with Gasteiger partial charge in [-0.15, -0.1) is 0 Å². The van der Waals surface area contributed by atoms with Crippen LogP contribution in [0.25, 0.3) is 0 Å². The predicted octanol–water partition coefficient (Wildman–Crippen LogP) is 3.09. The zero-order valence-electron chi connectivity index (χ0n) is 17.9. The molecule has 1 aliphatic rings. The Balaban J connectivity index is 2.39. The number of benzene rings is 2. The van der Waals surface area contributed by atoms with Crippen LogP contribution in [0.4, 0.5) is 0 Å². The molecule has 1 aliphatic heterocycles. The van der Waals surface area contributed by atoms with Crippen LogP contribution in [0, 0.1) is 13.8 Å². The highest BCUT2D eigenvalue weighted by molar-refractivity contribution is 6.03. The standard InChI is InChI=1S/C22H23NO8/c1-6-29-9-13-17(26)16(21(27)23(4)5)11(3)18-20(13)31-22(28)15-10(2)7-14(25)12(8-24)19(15)30-18/h7-8,25-26H,6,9H2,1-5H3. The lowest BCUT2D eigenvalue weighted by Crippen LogP contribution is -2.23. The summed E-state index contributed by atoms with van der Waals surface area (Å²) in [6, 6.07) is 1.26. The average molecular weight is 429 g/mol. The number of hydrogen-bond donors (Lipinski definition) is 2. The Bertz CT molecular complexity index is 1100. The largest absolute Gasteiger partial charge is 0.507 e. The summed E-state index contributed by atoms with van der Waals surface area (Å²) in [7, 11) is 3.05. The molecule has 0 aromatic heterocycles. The van der Waals surface area contributed by atoms with Crippen LogP contribution < -0.4 is 9.47 Å². The first-order chi connectivity index (χ1) is 14.6. The van der Waals surface area contributed by atoms with E-state index in [2.05, 4.69) is 0 Å². The maximum atomic E-state index is 12.9. The van der Waals surface area contributed by atoms with Gasteiger partial charge >= 0.3 is 5.97 Å². The minimum Gasteiger partial charge on any atom is -0.507 e. The minimum absolute atomic E-state index is 0.0297. The molecule has 3 rings (SSSR count). The number of aromatic hydroxyl groups is 2. The fraction of sp³-hybridized carbons (Fsp3) is 0.318. The van der Waals surface area contributed by atoms with Gasteiger partial charge < -0.3 is 29.3 Å². The van der Waals surface area contributed by atoms with Gasteiger partial charge in [0.25, 0.3) is 5.91 Å². The average Bonchev–Trinajstić information content (AvgIpc) is 2.85. The van der Waals surface area contributed by atoms with E-state index < -0.39 is 11.9 Å². The second kappa shape index (κ2) is 8.27. The molecule has 1 amide bonds. The number of esters is 1. The molecule has 0 bridgehead atoms. The predicted molar refractivity (Wildman–Crippen MR) is 109 cm³/mol. The SMILES string of the molecule is CCOCc1c(O)c(C(=O)N(C)C)c(C)c2c1OC(=O)c1c(C)cc(O)c(C=O)c1O2. The quantitative estimate of drug-likeness (QED) is 0.422. The van der Waals surface area contributed by atoms with Gasteiger partial charge in [-0.1, -0.05) is 0 Å². The van der Waals surface area contributed by atoms with E-state index in [9.17, 15) is 24.6 Å². The summed E-state index contributed by atoms with van der Waals surface area (Å²) < 4.78 is 16.9. The third-order valence-corrected chi connectivity index (χ3v) is 5.01.